The number of hydrogen-bond donors (Lipinski definition) is 2. The zero-order valence-corrected chi connectivity index (χ0v) is 8.38. The van der Waals surface area contributed by atoms with Crippen LogP contribution in [0, 0.1) is 0 Å². The fraction of sp³-hybridized carbons (Fsp3) is 0.100. The van der Waals surface area contributed by atoms with Crippen LogP contribution in [0.25, 0.3) is 11.4 Å². The molecular formula is C10H10N4O2. The largest absolute Gasteiger partial charge is 0.366 e. The molecule has 0 spiro atoms. The normalized spacial score (nSPS) is 10.3. The number of amides is 1. The summed E-state index contributed by atoms with van der Waals surface area (Å²) in [5.41, 5.74) is 11.6. The standard InChI is InChI=1S/C10H10N4O2/c11-5-8-13-10(14-16-8)7-3-1-2-6(4-7)9(12)15/h1-4H,5,11H2,(H2,12,15). The number of aromatic nitrogens is 2. The van der Waals surface area contributed by atoms with E-state index in [-0.39, 0.29) is 6.54 Å². The number of nitrogens with two attached hydrogens (primary N) is 2. The van der Waals surface area contributed by atoms with E-state index in [0.29, 0.717) is 22.8 Å². The van der Waals surface area contributed by atoms with Crippen LogP contribution in [-0.4, -0.2) is 16.0 Å². The highest BCUT2D eigenvalue weighted by Crippen LogP contribution is 2.16. The molecule has 0 aliphatic carbocycles. The molecule has 1 aromatic carbocycles. The van der Waals surface area contributed by atoms with Gasteiger partial charge in [-0.3, -0.25) is 4.79 Å². The monoisotopic (exact) mass is 218 g/mol. The Bertz CT molecular complexity index is 521. The molecule has 2 rings (SSSR count). The van der Waals surface area contributed by atoms with Gasteiger partial charge < -0.3 is 16.0 Å². The smallest absolute Gasteiger partial charge is 0.248 e. The highest BCUT2D eigenvalue weighted by molar-refractivity contribution is 5.93. The van der Waals surface area contributed by atoms with E-state index < -0.39 is 5.91 Å². The summed E-state index contributed by atoms with van der Waals surface area (Å²) in [6.07, 6.45) is 0. The molecule has 1 aromatic heterocycles. The van der Waals surface area contributed by atoms with Gasteiger partial charge in [-0.25, -0.2) is 0 Å². The van der Waals surface area contributed by atoms with E-state index in [1.807, 2.05) is 0 Å². The molecule has 0 bridgehead atoms. The Balaban J connectivity index is 2.40. The predicted octanol–water partition coefficient (Wildman–Crippen LogP) is 0.294. The molecule has 0 aliphatic heterocycles. The van der Waals surface area contributed by atoms with E-state index >= 15 is 0 Å². The highest BCUT2D eigenvalue weighted by Gasteiger charge is 2.09. The molecule has 2 aromatic rings. The first-order valence-electron chi connectivity index (χ1n) is 4.63. The van der Waals surface area contributed by atoms with Crippen molar-refractivity contribution in [2.45, 2.75) is 6.54 Å². The number of nitrogens with zero attached hydrogens (tertiary/aromatic N) is 2. The summed E-state index contributed by atoms with van der Waals surface area (Å²) in [6, 6.07) is 6.69. The second-order valence-corrected chi connectivity index (χ2v) is 3.16. The van der Waals surface area contributed by atoms with E-state index in [4.69, 9.17) is 16.0 Å². The maximum atomic E-state index is 11.0. The van der Waals surface area contributed by atoms with Crippen molar-refractivity contribution in [1.29, 1.82) is 0 Å². The summed E-state index contributed by atoms with van der Waals surface area (Å²) < 4.78 is 4.87. The third kappa shape index (κ3) is 1.91. The van der Waals surface area contributed by atoms with Gasteiger partial charge in [-0.2, -0.15) is 4.98 Å². The fourth-order valence-electron chi connectivity index (χ4n) is 1.27. The molecule has 6 nitrogen and oxygen atoms in total. The van der Waals surface area contributed by atoms with Gasteiger partial charge in [0, 0.05) is 11.1 Å². The second kappa shape index (κ2) is 4.11. The number of benzene rings is 1. The average Bonchev–Trinajstić information content (AvgIpc) is 2.77. The van der Waals surface area contributed by atoms with Crippen molar-refractivity contribution < 1.29 is 9.32 Å². The van der Waals surface area contributed by atoms with Crippen LogP contribution in [-0.2, 0) is 6.54 Å². The van der Waals surface area contributed by atoms with Crippen LogP contribution in [0.15, 0.2) is 28.8 Å². The fourth-order valence-corrected chi connectivity index (χ4v) is 1.27. The molecule has 1 heterocycles. The zero-order chi connectivity index (χ0) is 11.5. The summed E-state index contributed by atoms with van der Waals surface area (Å²) in [6.45, 7) is 0.183. The third-order valence-corrected chi connectivity index (χ3v) is 2.05. The second-order valence-electron chi connectivity index (χ2n) is 3.16. The summed E-state index contributed by atoms with van der Waals surface area (Å²) in [7, 11) is 0. The molecule has 6 heteroatoms. The van der Waals surface area contributed by atoms with Gasteiger partial charge in [-0.15, -0.1) is 0 Å². The van der Waals surface area contributed by atoms with Gasteiger partial charge in [0.05, 0.1) is 6.54 Å². The van der Waals surface area contributed by atoms with Crippen LogP contribution >= 0.6 is 0 Å². The van der Waals surface area contributed by atoms with Crippen LogP contribution in [0.3, 0.4) is 0 Å². The minimum absolute atomic E-state index is 0.183. The van der Waals surface area contributed by atoms with Crippen LogP contribution in [0.5, 0.6) is 0 Å². The van der Waals surface area contributed by atoms with Crippen molar-refractivity contribution in [3.05, 3.63) is 35.7 Å². The van der Waals surface area contributed by atoms with Crippen molar-refractivity contribution in [2.75, 3.05) is 0 Å². The Hall–Kier alpha value is -2.21. The van der Waals surface area contributed by atoms with Crippen molar-refractivity contribution in [3.63, 3.8) is 0 Å². The molecule has 0 radical (unpaired) electrons. The van der Waals surface area contributed by atoms with E-state index in [1.54, 1.807) is 24.3 Å². The molecule has 0 atom stereocenters. The highest BCUT2D eigenvalue weighted by atomic mass is 16.5. The Morgan fingerprint density at radius 3 is 2.88 bits per heavy atom. The lowest BCUT2D eigenvalue weighted by molar-refractivity contribution is 0.100. The molecular weight excluding hydrogens is 208 g/mol. The van der Waals surface area contributed by atoms with Crippen LogP contribution < -0.4 is 11.5 Å². The van der Waals surface area contributed by atoms with Crippen molar-refractivity contribution >= 4 is 5.91 Å². The molecule has 0 saturated heterocycles. The maximum Gasteiger partial charge on any atom is 0.248 e. The summed E-state index contributed by atoms with van der Waals surface area (Å²) in [5, 5.41) is 3.74. The predicted molar refractivity (Wildman–Crippen MR) is 56.1 cm³/mol. The van der Waals surface area contributed by atoms with Crippen LogP contribution in [0.1, 0.15) is 16.2 Å². The van der Waals surface area contributed by atoms with Gasteiger partial charge >= 0.3 is 0 Å². The minimum atomic E-state index is -0.496. The quantitative estimate of drug-likeness (QED) is 0.769. The Labute approximate surface area is 91.2 Å². The molecule has 82 valence electrons. The number of rotatable bonds is 3. The van der Waals surface area contributed by atoms with Gasteiger partial charge in [0.1, 0.15) is 0 Å². The first-order chi connectivity index (χ1) is 7.70. The number of hydrogen-bond acceptors (Lipinski definition) is 5. The van der Waals surface area contributed by atoms with E-state index in [9.17, 15) is 4.79 Å². The van der Waals surface area contributed by atoms with Crippen molar-refractivity contribution in [2.24, 2.45) is 11.5 Å². The Morgan fingerprint density at radius 2 is 2.25 bits per heavy atom. The first-order valence-corrected chi connectivity index (χ1v) is 4.63. The summed E-state index contributed by atoms with van der Waals surface area (Å²) in [4.78, 5) is 15.0. The lowest BCUT2D eigenvalue weighted by Crippen LogP contribution is -2.10. The first kappa shape index (κ1) is 10.3. The maximum absolute atomic E-state index is 11.0. The molecule has 4 N–H and O–H groups in total. The zero-order valence-electron chi connectivity index (χ0n) is 8.38. The molecule has 16 heavy (non-hydrogen) atoms. The number of primary amides is 1. The molecule has 0 saturated carbocycles. The summed E-state index contributed by atoms with van der Waals surface area (Å²) >= 11 is 0. The van der Waals surface area contributed by atoms with Crippen molar-refractivity contribution in [1.82, 2.24) is 10.1 Å². The molecule has 0 fully saturated rings. The van der Waals surface area contributed by atoms with Crippen molar-refractivity contribution in [3.8, 4) is 11.4 Å². The van der Waals surface area contributed by atoms with E-state index in [0.717, 1.165) is 0 Å². The third-order valence-electron chi connectivity index (χ3n) is 2.05. The summed E-state index contributed by atoms with van der Waals surface area (Å²) in [5.74, 6) is 0.243. The number of carbonyl (C=O) groups excluding carboxylic acids is 1. The van der Waals surface area contributed by atoms with Crippen LogP contribution in [0.2, 0.25) is 0 Å². The van der Waals surface area contributed by atoms with E-state index in [2.05, 4.69) is 10.1 Å². The SMILES string of the molecule is NCc1nc(-c2cccc(C(N)=O)c2)no1. The molecule has 0 aliphatic rings. The number of carbonyl (C=O) groups is 1. The Kier molecular flexibility index (Phi) is 2.65. The molecule has 1 amide bonds. The lowest BCUT2D eigenvalue weighted by Gasteiger charge is -1.97. The van der Waals surface area contributed by atoms with Gasteiger partial charge in [-0.1, -0.05) is 17.3 Å². The lowest BCUT2D eigenvalue weighted by atomic mass is 10.1. The van der Waals surface area contributed by atoms with Gasteiger partial charge in [-0.05, 0) is 12.1 Å². The van der Waals surface area contributed by atoms with Gasteiger partial charge in [0.15, 0.2) is 0 Å². The average molecular weight is 218 g/mol. The van der Waals surface area contributed by atoms with Gasteiger partial charge in [0.25, 0.3) is 0 Å². The molecule has 0 unspecified atom stereocenters. The van der Waals surface area contributed by atoms with E-state index in [1.165, 1.54) is 0 Å². The minimum Gasteiger partial charge on any atom is -0.366 e. The topological polar surface area (TPSA) is 108 Å². The Morgan fingerprint density at radius 1 is 1.44 bits per heavy atom. The van der Waals surface area contributed by atoms with Crippen LogP contribution in [0.4, 0.5) is 0 Å². The van der Waals surface area contributed by atoms with Gasteiger partial charge in [0.2, 0.25) is 17.6 Å².